The van der Waals surface area contributed by atoms with Gasteiger partial charge in [0.05, 0.1) is 25.4 Å². The number of hydrogen-bond acceptors (Lipinski definition) is 5. The molecule has 1 aromatic carbocycles. The number of nitrogens with one attached hydrogen (secondary N) is 4. The van der Waals surface area contributed by atoms with E-state index in [9.17, 15) is 18.8 Å². The number of hydrogen-bond donors (Lipinski definition) is 4. The van der Waals surface area contributed by atoms with E-state index in [1.807, 2.05) is 30.3 Å². The number of fused-ring (bicyclic) bond motifs is 1. The first-order valence-electron chi connectivity index (χ1n) is 12.6. The van der Waals surface area contributed by atoms with Crippen LogP contribution in [0.3, 0.4) is 0 Å². The molecule has 35 heavy (non-hydrogen) atoms. The van der Waals surface area contributed by atoms with E-state index >= 15 is 0 Å². The van der Waals surface area contributed by atoms with Crippen molar-refractivity contribution < 1.29 is 23.5 Å². The van der Waals surface area contributed by atoms with Crippen LogP contribution in [-0.2, 0) is 25.7 Å². The molecule has 9 heteroatoms. The van der Waals surface area contributed by atoms with Gasteiger partial charge < -0.3 is 25.1 Å². The molecule has 1 aliphatic heterocycles. The Balaban J connectivity index is 1.31. The van der Waals surface area contributed by atoms with Gasteiger partial charge in [-0.25, -0.2) is 4.39 Å². The molecule has 3 atom stereocenters. The summed E-state index contributed by atoms with van der Waals surface area (Å²) in [4.78, 5) is 39.9. The minimum atomic E-state index is -0.761. The van der Waals surface area contributed by atoms with Crippen molar-refractivity contribution in [1.29, 1.82) is 0 Å². The molecule has 0 bridgehead atoms. The number of rotatable bonds is 12. The lowest BCUT2D eigenvalue weighted by atomic mass is 9.83. The summed E-state index contributed by atoms with van der Waals surface area (Å²) in [5.41, 5.74) is 1.97. The van der Waals surface area contributed by atoms with Crippen molar-refractivity contribution in [3.63, 3.8) is 0 Å². The van der Waals surface area contributed by atoms with Crippen LogP contribution in [0.25, 0.3) is 10.9 Å². The molecule has 1 aromatic heterocycles. The van der Waals surface area contributed by atoms with E-state index in [0.29, 0.717) is 45.1 Å². The summed E-state index contributed by atoms with van der Waals surface area (Å²) < 4.78 is 19.4. The van der Waals surface area contributed by atoms with Crippen LogP contribution < -0.4 is 16.0 Å². The molecular weight excluding hydrogens is 451 g/mol. The molecule has 1 aliphatic carbocycles. The second kappa shape index (κ2) is 12.3. The van der Waals surface area contributed by atoms with Crippen LogP contribution in [0.1, 0.15) is 50.6 Å². The Morgan fingerprint density at radius 2 is 1.97 bits per heavy atom. The van der Waals surface area contributed by atoms with Crippen LogP contribution in [0.4, 0.5) is 4.39 Å². The van der Waals surface area contributed by atoms with Gasteiger partial charge in [-0.2, -0.15) is 0 Å². The first-order valence-corrected chi connectivity index (χ1v) is 12.6. The molecular formula is C26H35FN4O4. The molecule has 2 fully saturated rings. The van der Waals surface area contributed by atoms with Gasteiger partial charge in [-0.05, 0) is 68.4 Å². The molecule has 190 valence electrons. The number of ether oxygens (including phenoxy) is 1. The maximum absolute atomic E-state index is 13.6. The number of carbonyl (C=O) groups is 3. The zero-order chi connectivity index (χ0) is 24.6. The Hall–Kier alpha value is -2.78. The summed E-state index contributed by atoms with van der Waals surface area (Å²) in [5, 5.41) is 9.85. The molecule has 4 N–H and O–H groups in total. The number of aldehydes is 1. The van der Waals surface area contributed by atoms with E-state index in [2.05, 4.69) is 20.9 Å². The van der Waals surface area contributed by atoms with Gasteiger partial charge in [0, 0.05) is 23.7 Å². The largest absolute Gasteiger partial charge is 0.360 e. The third-order valence-corrected chi connectivity index (χ3v) is 7.13. The number of amides is 2. The predicted octanol–water partition coefficient (Wildman–Crippen LogP) is 2.73. The normalized spacial score (nSPS) is 24.1. The topological polar surface area (TPSA) is 112 Å². The fourth-order valence-corrected chi connectivity index (χ4v) is 5.11. The standard InChI is InChI=1S/C26H35FN4O4/c27-20-7-5-17(6-8-20)11-24(26(34)31-21(14-32)13-19-9-10-28-25(19)33)29-16-35-15-22-12-18-3-1-2-4-23(18)30-22/h1-4,12,14,17,19-21,24,29-30H,5-11,13,15-16H2,(H,28,33)(H,31,34)/t17?,19-,20?,21-,24-/m0/s1. The van der Waals surface area contributed by atoms with Crippen molar-refractivity contribution in [3.05, 3.63) is 36.0 Å². The average molecular weight is 487 g/mol. The summed E-state index contributed by atoms with van der Waals surface area (Å²) in [6.07, 6.45) is 3.94. The first-order chi connectivity index (χ1) is 17.0. The van der Waals surface area contributed by atoms with Crippen LogP contribution >= 0.6 is 0 Å². The van der Waals surface area contributed by atoms with Crippen molar-refractivity contribution in [2.45, 2.75) is 69.8 Å². The predicted molar refractivity (Wildman–Crippen MR) is 130 cm³/mol. The number of aromatic nitrogens is 1. The number of H-pyrrole nitrogens is 1. The molecule has 0 unspecified atom stereocenters. The second-order valence-corrected chi connectivity index (χ2v) is 9.75. The Morgan fingerprint density at radius 1 is 1.17 bits per heavy atom. The zero-order valence-electron chi connectivity index (χ0n) is 19.9. The third-order valence-electron chi connectivity index (χ3n) is 7.13. The van der Waals surface area contributed by atoms with Crippen LogP contribution in [0.15, 0.2) is 30.3 Å². The number of halogens is 1. The fourth-order valence-electron chi connectivity index (χ4n) is 5.11. The molecule has 0 spiro atoms. The summed E-state index contributed by atoms with van der Waals surface area (Å²) in [5.74, 6) is -0.406. The molecule has 2 aliphatic rings. The number of carbonyl (C=O) groups excluding carboxylic acids is 3. The highest BCUT2D eigenvalue weighted by Crippen LogP contribution is 2.29. The van der Waals surface area contributed by atoms with E-state index in [1.54, 1.807) is 0 Å². The number of para-hydroxylation sites is 1. The van der Waals surface area contributed by atoms with Gasteiger partial charge >= 0.3 is 0 Å². The summed E-state index contributed by atoms with van der Waals surface area (Å²) in [7, 11) is 0. The third kappa shape index (κ3) is 7.11. The van der Waals surface area contributed by atoms with Gasteiger partial charge in [-0.15, -0.1) is 0 Å². The minimum Gasteiger partial charge on any atom is -0.360 e. The number of benzene rings is 1. The van der Waals surface area contributed by atoms with E-state index in [-0.39, 0.29) is 36.8 Å². The molecule has 1 saturated heterocycles. The van der Waals surface area contributed by atoms with E-state index in [0.717, 1.165) is 29.4 Å². The molecule has 2 aromatic rings. The van der Waals surface area contributed by atoms with Crippen molar-refractivity contribution in [3.8, 4) is 0 Å². The monoisotopic (exact) mass is 486 g/mol. The molecule has 1 saturated carbocycles. The Bertz CT molecular complexity index is 971. The van der Waals surface area contributed by atoms with Crippen molar-refractivity contribution in [2.75, 3.05) is 13.3 Å². The Kier molecular flexibility index (Phi) is 8.87. The van der Waals surface area contributed by atoms with Crippen molar-refractivity contribution in [2.24, 2.45) is 11.8 Å². The maximum Gasteiger partial charge on any atom is 0.237 e. The number of aromatic amines is 1. The van der Waals surface area contributed by atoms with Gasteiger partial charge in [-0.1, -0.05) is 18.2 Å². The quantitative estimate of drug-likeness (QED) is 0.209. The molecule has 2 amide bonds. The molecule has 2 heterocycles. The second-order valence-electron chi connectivity index (χ2n) is 9.75. The highest BCUT2D eigenvalue weighted by atomic mass is 19.1. The van der Waals surface area contributed by atoms with Crippen LogP contribution in [0.5, 0.6) is 0 Å². The van der Waals surface area contributed by atoms with Gasteiger partial charge in [0.15, 0.2) is 0 Å². The van der Waals surface area contributed by atoms with Gasteiger partial charge in [-0.3, -0.25) is 14.9 Å². The zero-order valence-corrected chi connectivity index (χ0v) is 19.9. The lowest BCUT2D eigenvalue weighted by Crippen LogP contribution is -2.50. The van der Waals surface area contributed by atoms with Crippen LogP contribution in [-0.4, -0.2) is 54.6 Å². The maximum atomic E-state index is 13.6. The minimum absolute atomic E-state index is 0.0749. The lowest BCUT2D eigenvalue weighted by molar-refractivity contribution is -0.128. The lowest BCUT2D eigenvalue weighted by Gasteiger charge is -2.29. The van der Waals surface area contributed by atoms with Crippen LogP contribution in [0.2, 0.25) is 0 Å². The van der Waals surface area contributed by atoms with Gasteiger partial charge in [0.1, 0.15) is 12.5 Å². The average Bonchev–Trinajstić information content (AvgIpc) is 3.47. The summed E-state index contributed by atoms with van der Waals surface area (Å²) in [6, 6.07) is 8.71. The summed E-state index contributed by atoms with van der Waals surface area (Å²) >= 11 is 0. The van der Waals surface area contributed by atoms with E-state index in [1.165, 1.54) is 0 Å². The Labute approximate surface area is 204 Å². The van der Waals surface area contributed by atoms with Crippen molar-refractivity contribution in [1.82, 2.24) is 20.9 Å². The smallest absolute Gasteiger partial charge is 0.237 e. The fraction of sp³-hybridized carbons (Fsp3) is 0.577. The van der Waals surface area contributed by atoms with Gasteiger partial charge in [0.2, 0.25) is 11.8 Å². The van der Waals surface area contributed by atoms with Crippen LogP contribution in [0, 0.1) is 11.8 Å². The van der Waals surface area contributed by atoms with Crippen molar-refractivity contribution >= 4 is 29.0 Å². The SMILES string of the molecule is O=C[C@H](C[C@@H]1CCNC1=O)NC(=O)[C@H](CC1CCC(F)CC1)NCOCc1cc2ccccc2[nH]1. The number of alkyl halides is 1. The van der Waals surface area contributed by atoms with Gasteiger partial charge in [0.25, 0.3) is 0 Å². The van der Waals surface area contributed by atoms with E-state index in [4.69, 9.17) is 4.74 Å². The molecule has 8 nitrogen and oxygen atoms in total. The summed E-state index contributed by atoms with van der Waals surface area (Å²) in [6.45, 7) is 1.11. The molecule has 4 rings (SSSR count). The Morgan fingerprint density at radius 3 is 2.69 bits per heavy atom. The van der Waals surface area contributed by atoms with E-state index < -0.39 is 18.3 Å². The molecule has 0 radical (unpaired) electrons. The highest BCUT2D eigenvalue weighted by Gasteiger charge is 2.31. The first kappa shape index (κ1) is 25.3. The highest BCUT2D eigenvalue weighted by molar-refractivity contribution is 5.85.